The molecule has 1 aromatic rings. The number of hydrogen-bond acceptors (Lipinski definition) is 1. The van der Waals surface area contributed by atoms with Gasteiger partial charge in [0, 0.05) is 5.41 Å². The van der Waals surface area contributed by atoms with Gasteiger partial charge in [0.1, 0.15) is 5.60 Å². The molecule has 3 rings (SSSR count). The molecule has 16 heavy (non-hydrogen) atoms. The SMILES string of the molecule is Cc1ccc([C@]2(C)CC[C@@]3(C)O[C@]32C)cc1. The zero-order chi connectivity index (χ0) is 11.6. The van der Waals surface area contributed by atoms with Gasteiger partial charge in [-0.3, -0.25) is 0 Å². The molecule has 0 N–H and O–H groups in total. The number of aryl methyl sites for hydroxylation is 1. The lowest BCUT2D eigenvalue weighted by Crippen LogP contribution is -2.36. The van der Waals surface area contributed by atoms with Crippen LogP contribution >= 0.6 is 0 Å². The van der Waals surface area contributed by atoms with Crippen molar-refractivity contribution in [1.82, 2.24) is 0 Å². The van der Waals surface area contributed by atoms with E-state index in [-0.39, 0.29) is 16.6 Å². The van der Waals surface area contributed by atoms with Crippen LogP contribution in [0.15, 0.2) is 24.3 Å². The van der Waals surface area contributed by atoms with Crippen LogP contribution in [0, 0.1) is 6.92 Å². The highest BCUT2D eigenvalue weighted by molar-refractivity contribution is 5.40. The van der Waals surface area contributed by atoms with Gasteiger partial charge in [-0.25, -0.2) is 0 Å². The molecular weight excluding hydrogens is 196 g/mol. The molecule has 1 saturated carbocycles. The lowest BCUT2D eigenvalue weighted by Gasteiger charge is -2.31. The highest BCUT2D eigenvalue weighted by atomic mass is 16.6. The molecule has 1 aliphatic carbocycles. The third-order valence-electron chi connectivity index (χ3n) is 5.24. The van der Waals surface area contributed by atoms with Gasteiger partial charge in [-0.1, -0.05) is 36.8 Å². The summed E-state index contributed by atoms with van der Waals surface area (Å²) in [5.74, 6) is 0. The van der Waals surface area contributed by atoms with E-state index in [9.17, 15) is 0 Å². The van der Waals surface area contributed by atoms with Gasteiger partial charge >= 0.3 is 0 Å². The predicted octanol–water partition coefficient (Wildman–Crippen LogP) is 3.59. The van der Waals surface area contributed by atoms with E-state index in [4.69, 9.17) is 4.74 Å². The van der Waals surface area contributed by atoms with Gasteiger partial charge in [0.25, 0.3) is 0 Å². The molecule has 1 nitrogen and oxygen atoms in total. The van der Waals surface area contributed by atoms with Gasteiger partial charge in [0.15, 0.2) is 0 Å². The van der Waals surface area contributed by atoms with Crippen LogP contribution in [-0.2, 0) is 10.2 Å². The van der Waals surface area contributed by atoms with Gasteiger partial charge in [0.2, 0.25) is 0 Å². The van der Waals surface area contributed by atoms with E-state index in [0.29, 0.717) is 0 Å². The Morgan fingerprint density at radius 3 is 2.06 bits per heavy atom. The van der Waals surface area contributed by atoms with Gasteiger partial charge < -0.3 is 4.74 Å². The molecule has 0 spiro atoms. The molecule has 1 aromatic carbocycles. The number of fused-ring (bicyclic) bond motifs is 1. The van der Waals surface area contributed by atoms with Crippen LogP contribution in [0.3, 0.4) is 0 Å². The van der Waals surface area contributed by atoms with Gasteiger partial charge in [-0.2, -0.15) is 0 Å². The van der Waals surface area contributed by atoms with Crippen LogP contribution in [-0.4, -0.2) is 11.2 Å². The first kappa shape index (κ1) is 10.3. The second kappa shape index (κ2) is 2.70. The van der Waals surface area contributed by atoms with Crippen molar-refractivity contribution in [3.8, 4) is 0 Å². The second-order valence-corrected chi connectivity index (χ2v) is 6.06. The predicted molar refractivity (Wildman–Crippen MR) is 65.7 cm³/mol. The summed E-state index contributed by atoms with van der Waals surface area (Å²) in [6.45, 7) is 9.03. The lowest BCUT2D eigenvalue weighted by molar-refractivity contribution is 0.163. The molecule has 0 unspecified atom stereocenters. The van der Waals surface area contributed by atoms with Gasteiger partial charge in [0.05, 0.1) is 5.60 Å². The molecule has 2 aliphatic rings. The smallest absolute Gasteiger partial charge is 0.104 e. The second-order valence-electron chi connectivity index (χ2n) is 6.06. The van der Waals surface area contributed by atoms with Crippen LogP contribution in [0.4, 0.5) is 0 Å². The van der Waals surface area contributed by atoms with E-state index in [1.165, 1.54) is 24.0 Å². The fourth-order valence-electron chi connectivity index (χ4n) is 3.48. The van der Waals surface area contributed by atoms with Crippen molar-refractivity contribution in [3.63, 3.8) is 0 Å². The maximum absolute atomic E-state index is 6.03. The summed E-state index contributed by atoms with van der Waals surface area (Å²) < 4.78 is 6.03. The van der Waals surface area contributed by atoms with Crippen LogP contribution in [0.1, 0.15) is 44.7 Å². The summed E-state index contributed by atoms with van der Waals surface area (Å²) in [5, 5.41) is 0. The van der Waals surface area contributed by atoms with Crippen molar-refractivity contribution >= 4 is 0 Å². The average molecular weight is 216 g/mol. The monoisotopic (exact) mass is 216 g/mol. The van der Waals surface area contributed by atoms with E-state index in [0.717, 1.165) is 0 Å². The Morgan fingerprint density at radius 1 is 1.00 bits per heavy atom. The fraction of sp³-hybridized carbons (Fsp3) is 0.600. The molecule has 1 heterocycles. The Balaban J connectivity index is 2.04. The summed E-state index contributed by atoms with van der Waals surface area (Å²) >= 11 is 0. The van der Waals surface area contributed by atoms with Gasteiger partial charge in [-0.15, -0.1) is 0 Å². The maximum Gasteiger partial charge on any atom is 0.104 e. The fourth-order valence-corrected chi connectivity index (χ4v) is 3.48. The summed E-state index contributed by atoms with van der Waals surface area (Å²) in [6, 6.07) is 8.96. The standard InChI is InChI=1S/C15H20O/c1-11-5-7-12(8-6-11)13(2)9-10-14(3)15(13,4)16-14/h5-8H,9-10H2,1-4H3/t13-,14+,15-/m0/s1. The van der Waals surface area contributed by atoms with Crippen LogP contribution in [0.5, 0.6) is 0 Å². The number of epoxide rings is 1. The van der Waals surface area contributed by atoms with Crippen molar-refractivity contribution in [1.29, 1.82) is 0 Å². The summed E-state index contributed by atoms with van der Waals surface area (Å²) in [5.41, 5.74) is 3.13. The summed E-state index contributed by atoms with van der Waals surface area (Å²) in [6.07, 6.45) is 2.43. The zero-order valence-electron chi connectivity index (χ0n) is 10.6. The molecule has 86 valence electrons. The lowest BCUT2D eigenvalue weighted by atomic mass is 9.72. The highest BCUT2D eigenvalue weighted by Crippen LogP contribution is 2.68. The van der Waals surface area contributed by atoms with Crippen molar-refractivity contribution in [2.45, 2.75) is 57.2 Å². The van der Waals surface area contributed by atoms with Crippen LogP contribution in [0.25, 0.3) is 0 Å². The highest BCUT2D eigenvalue weighted by Gasteiger charge is 2.76. The number of benzene rings is 1. The molecule has 0 bridgehead atoms. The van der Waals surface area contributed by atoms with Crippen LogP contribution < -0.4 is 0 Å². The first-order chi connectivity index (χ1) is 7.41. The van der Waals surface area contributed by atoms with Crippen molar-refractivity contribution in [2.24, 2.45) is 0 Å². The molecule has 0 radical (unpaired) electrons. The number of rotatable bonds is 1. The number of ether oxygens (including phenoxy) is 1. The summed E-state index contributed by atoms with van der Waals surface area (Å²) in [7, 11) is 0. The molecular formula is C15H20O. The molecule has 1 aliphatic heterocycles. The van der Waals surface area contributed by atoms with Gasteiger partial charge in [-0.05, 0) is 39.2 Å². The maximum atomic E-state index is 6.03. The van der Waals surface area contributed by atoms with Crippen molar-refractivity contribution < 1.29 is 4.74 Å². The average Bonchev–Trinajstić information content (AvgIpc) is 2.75. The minimum atomic E-state index is 0.0509. The third-order valence-corrected chi connectivity index (χ3v) is 5.24. The Morgan fingerprint density at radius 2 is 1.62 bits per heavy atom. The van der Waals surface area contributed by atoms with E-state index in [2.05, 4.69) is 52.0 Å². The third kappa shape index (κ3) is 1.00. The van der Waals surface area contributed by atoms with E-state index >= 15 is 0 Å². The van der Waals surface area contributed by atoms with E-state index < -0.39 is 0 Å². The summed E-state index contributed by atoms with van der Waals surface area (Å²) in [4.78, 5) is 0. The van der Waals surface area contributed by atoms with E-state index in [1.807, 2.05) is 0 Å². The Bertz CT molecular complexity index is 431. The molecule has 0 aromatic heterocycles. The minimum Gasteiger partial charge on any atom is -0.362 e. The molecule has 3 atom stereocenters. The molecule has 1 heteroatoms. The molecule has 0 amide bonds. The minimum absolute atomic E-state index is 0.0509. The number of hydrogen-bond donors (Lipinski definition) is 0. The Labute approximate surface area is 97.8 Å². The van der Waals surface area contributed by atoms with Crippen LogP contribution in [0.2, 0.25) is 0 Å². The van der Waals surface area contributed by atoms with E-state index in [1.54, 1.807) is 0 Å². The normalized spacial score (nSPS) is 45.5. The topological polar surface area (TPSA) is 12.5 Å². The largest absolute Gasteiger partial charge is 0.362 e. The van der Waals surface area contributed by atoms with Crippen molar-refractivity contribution in [3.05, 3.63) is 35.4 Å². The quantitative estimate of drug-likeness (QED) is 0.653. The first-order valence-corrected chi connectivity index (χ1v) is 6.19. The Kier molecular flexibility index (Phi) is 1.75. The molecule has 1 saturated heterocycles. The Hall–Kier alpha value is -0.820. The molecule has 2 fully saturated rings. The zero-order valence-corrected chi connectivity index (χ0v) is 10.6. The first-order valence-electron chi connectivity index (χ1n) is 6.19. The van der Waals surface area contributed by atoms with Crippen molar-refractivity contribution in [2.75, 3.05) is 0 Å².